The van der Waals surface area contributed by atoms with Crippen LogP contribution < -0.4 is 0 Å². The van der Waals surface area contributed by atoms with Crippen LogP contribution >= 0.6 is 11.6 Å². The fourth-order valence-corrected chi connectivity index (χ4v) is 2.02. The Hall–Kier alpha value is -1.81. The topological polar surface area (TPSA) is 17.1 Å². The first-order chi connectivity index (χ1) is 8.91. The molecule has 1 nitrogen and oxygen atoms in total. The molecule has 0 bridgehead atoms. The minimum Gasteiger partial charge on any atom is -0.276 e. The molecule has 0 aliphatic heterocycles. The summed E-state index contributed by atoms with van der Waals surface area (Å²) in [5.41, 5.74) is -0.615. The average Bonchev–Trinajstić information content (AvgIpc) is 2.37. The first-order valence-corrected chi connectivity index (χ1v) is 5.74. The molecule has 0 saturated carbocycles. The quantitative estimate of drug-likeness (QED) is 0.727. The first kappa shape index (κ1) is 13.6. The molecular formula is C14H8ClF3O. The van der Waals surface area contributed by atoms with E-state index in [1.165, 1.54) is 30.3 Å². The number of alkyl halides is 3. The van der Waals surface area contributed by atoms with E-state index in [4.69, 9.17) is 11.6 Å². The van der Waals surface area contributed by atoms with Gasteiger partial charge in [-0.05, 0) is 34.9 Å². The van der Waals surface area contributed by atoms with Gasteiger partial charge in [0.15, 0.2) is 0 Å². The molecule has 2 rings (SSSR count). The third-order valence-corrected chi connectivity index (χ3v) is 2.87. The number of halogens is 4. The summed E-state index contributed by atoms with van der Waals surface area (Å²) in [7, 11) is 0. The molecule has 5 heteroatoms. The van der Waals surface area contributed by atoms with Crippen molar-refractivity contribution in [3.63, 3.8) is 0 Å². The highest BCUT2D eigenvalue weighted by molar-refractivity contribution is 6.68. The molecule has 19 heavy (non-hydrogen) atoms. The van der Waals surface area contributed by atoms with Gasteiger partial charge in [0, 0.05) is 5.56 Å². The Morgan fingerprint density at radius 2 is 1.42 bits per heavy atom. The summed E-state index contributed by atoms with van der Waals surface area (Å²) in [6.45, 7) is 0. The van der Waals surface area contributed by atoms with Gasteiger partial charge in [-0.15, -0.1) is 0 Å². The maximum absolute atomic E-state index is 12.9. The van der Waals surface area contributed by atoms with E-state index in [1.54, 1.807) is 12.1 Å². The largest absolute Gasteiger partial charge is 0.417 e. The Bertz CT molecular complexity index is 620. The van der Waals surface area contributed by atoms with Crippen LogP contribution in [0.25, 0.3) is 11.1 Å². The van der Waals surface area contributed by atoms with Gasteiger partial charge in [0.05, 0.1) is 5.56 Å². The molecule has 0 spiro atoms. The smallest absolute Gasteiger partial charge is 0.276 e. The first-order valence-electron chi connectivity index (χ1n) is 5.36. The molecule has 0 amide bonds. The van der Waals surface area contributed by atoms with E-state index in [2.05, 4.69) is 0 Å². The molecule has 0 aliphatic rings. The zero-order chi connectivity index (χ0) is 14.0. The second-order valence-corrected chi connectivity index (χ2v) is 4.21. The van der Waals surface area contributed by atoms with Crippen molar-refractivity contribution in [3.8, 4) is 11.1 Å². The predicted octanol–water partition coefficient (Wildman–Crippen LogP) is 4.75. The third kappa shape index (κ3) is 2.79. The average molecular weight is 285 g/mol. The van der Waals surface area contributed by atoms with Crippen LogP contribution in [0.2, 0.25) is 0 Å². The lowest BCUT2D eigenvalue weighted by atomic mass is 9.95. The predicted molar refractivity (Wildman–Crippen MR) is 67.1 cm³/mol. The Labute approximate surface area is 112 Å². The summed E-state index contributed by atoms with van der Waals surface area (Å²) < 4.78 is 38.8. The molecule has 0 atom stereocenters. The van der Waals surface area contributed by atoms with E-state index in [0.717, 1.165) is 6.07 Å². The highest BCUT2D eigenvalue weighted by Gasteiger charge is 2.33. The molecule has 0 radical (unpaired) electrons. The van der Waals surface area contributed by atoms with Gasteiger partial charge < -0.3 is 0 Å². The second kappa shape index (κ2) is 5.05. The summed E-state index contributed by atoms with van der Waals surface area (Å²) in [6.07, 6.45) is -4.49. The maximum Gasteiger partial charge on any atom is 0.417 e. The summed E-state index contributed by atoms with van der Waals surface area (Å²) in [6, 6.07) is 11.0. The standard InChI is InChI=1S/C14H8ClF3O/c15-13(19)11-7-2-1-5-9(11)10-6-3-4-8-12(10)14(16,17)18/h1-8H. The minimum atomic E-state index is -4.49. The van der Waals surface area contributed by atoms with E-state index in [0.29, 0.717) is 0 Å². The van der Waals surface area contributed by atoms with Crippen molar-refractivity contribution in [1.82, 2.24) is 0 Å². The van der Waals surface area contributed by atoms with E-state index in [-0.39, 0.29) is 16.7 Å². The number of benzene rings is 2. The van der Waals surface area contributed by atoms with Crippen molar-refractivity contribution in [2.24, 2.45) is 0 Å². The van der Waals surface area contributed by atoms with Crippen LogP contribution in [0.15, 0.2) is 48.5 Å². The van der Waals surface area contributed by atoms with E-state index < -0.39 is 17.0 Å². The highest BCUT2D eigenvalue weighted by Crippen LogP contribution is 2.38. The van der Waals surface area contributed by atoms with Crippen LogP contribution in [0.4, 0.5) is 13.2 Å². The van der Waals surface area contributed by atoms with Crippen LogP contribution in [0.3, 0.4) is 0 Å². The van der Waals surface area contributed by atoms with E-state index in [1.807, 2.05) is 0 Å². The van der Waals surface area contributed by atoms with E-state index >= 15 is 0 Å². The molecule has 0 heterocycles. The van der Waals surface area contributed by atoms with Gasteiger partial charge in [0.2, 0.25) is 0 Å². The van der Waals surface area contributed by atoms with Crippen molar-refractivity contribution in [3.05, 3.63) is 59.7 Å². The molecule has 0 saturated heterocycles. The Morgan fingerprint density at radius 3 is 2.00 bits per heavy atom. The third-order valence-electron chi connectivity index (χ3n) is 2.66. The molecule has 2 aromatic carbocycles. The van der Waals surface area contributed by atoms with Crippen molar-refractivity contribution in [2.75, 3.05) is 0 Å². The SMILES string of the molecule is O=C(Cl)c1ccccc1-c1ccccc1C(F)(F)F. The summed E-state index contributed by atoms with van der Waals surface area (Å²) in [4.78, 5) is 11.3. The lowest BCUT2D eigenvalue weighted by Crippen LogP contribution is -2.08. The molecule has 98 valence electrons. The normalized spacial score (nSPS) is 11.4. The maximum atomic E-state index is 12.9. The molecule has 0 fully saturated rings. The lowest BCUT2D eigenvalue weighted by molar-refractivity contribution is -0.137. The monoisotopic (exact) mass is 284 g/mol. The van der Waals surface area contributed by atoms with E-state index in [9.17, 15) is 18.0 Å². The number of carbonyl (C=O) groups excluding carboxylic acids is 1. The van der Waals surface area contributed by atoms with Crippen LogP contribution in [-0.4, -0.2) is 5.24 Å². The van der Waals surface area contributed by atoms with Crippen LogP contribution in [0.1, 0.15) is 15.9 Å². The summed E-state index contributed by atoms with van der Waals surface area (Å²) in [5.74, 6) is 0. The zero-order valence-electron chi connectivity index (χ0n) is 9.54. The molecular weight excluding hydrogens is 277 g/mol. The number of rotatable bonds is 2. The lowest BCUT2D eigenvalue weighted by Gasteiger charge is -2.14. The molecule has 0 N–H and O–H groups in total. The van der Waals surface area contributed by atoms with Gasteiger partial charge >= 0.3 is 6.18 Å². The van der Waals surface area contributed by atoms with Crippen molar-refractivity contribution < 1.29 is 18.0 Å². The Kier molecular flexibility index (Phi) is 3.62. The summed E-state index contributed by atoms with van der Waals surface area (Å²) >= 11 is 5.40. The molecule has 0 aliphatic carbocycles. The highest BCUT2D eigenvalue weighted by atomic mass is 35.5. The second-order valence-electron chi connectivity index (χ2n) is 3.86. The van der Waals surface area contributed by atoms with Gasteiger partial charge in [-0.2, -0.15) is 13.2 Å². The van der Waals surface area contributed by atoms with Crippen molar-refractivity contribution >= 4 is 16.8 Å². The van der Waals surface area contributed by atoms with Gasteiger partial charge in [-0.3, -0.25) is 4.79 Å². The van der Waals surface area contributed by atoms with Gasteiger partial charge in [-0.1, -0.05) is 36.4 Å². The van der Waals surface area contributed by atoms with Crippen molar-refractivity contribution in [2.45, 2.75) is 6.18 Å². The van der Waals surface area contributed by atoms with Gasteiger partial charge in [0.25, 0.3) is 5.24 Å². The minimum absolute atomic E-state index is 0.0559. The van der Waals surface area contributed by atoms with Crippen molar-refractivity contribution in [1.29, 1.82) is 0 Å². The molecule has 2 aromatic rings. The number of hydrogen-bond acceptors (Lipinski definition) is 1. The fourth-order valence-electron chi connectivity index (χ4n) is 1.85. The fraction of sp³-hybridized carbons (Fsp3) is 0.0714. The van der Waals surface area contributed by atoms with Gasteiger partial charge in [-0.25, -0.2) is 0 Å². The van der Waals surface area contributed by atoms with Crippen LogP contribution in [0.5, 0.6) is 0 Å². The van der Waals surface area contributed by atoms with Crippen LogP contribution in [0, 0.1) is 0 Å². The number of carbonyl (C=O) groups is 1. The summed E-state index contributed by atoms with van der Waals surface area (Å²) in [5, 5.41) is -0.785. The molecule has 0 aromatic heterocycles. The Balaban J connectivity index is 2.70. The van der Waals surface area contributed by atoms with Crippen LogP contribution in [-0.2, 0) is 6.18 Å². The Morgan fingerprint density at radius 1 is 0.895 bits per heavy atom. The van der Waals surface area contributed by atoms with Gasteiger partial charge in [0.1, 0.15) is 0 Å². The number of hydrogen-bond donors (Lipinski definition) is 0. The molecule has 0 unspecified atom stereocenters. The zero-order valence-corrected chi connectivity index (χ0v) is 10.3.